The van der Waals surface area contributed by atoms with E-state index in [0.717, 1.165) is 5.56 Å². The number of anilines is 2. The maximum Gasteiger partial charge on any atom is 0.513 e. The van der Waals surface area contributed by atoms with E-state index in [2.05, 4.69) is 10.6 Å². The van der Waals surface area contributed by atoms with Crippen molar-refractivity contribution in [2.45, 2.75) is 19.8 Å². The monoisotopic (exact) mass is 450 g/mol. The van der Waals surface area contributed by atoms with Crippen LogP contribution in [0.1, 0.15) is 29.3 Å². The van der Waals surface area contributed by atoms with Gasteiger partial charge in [0.15, 0.2) is 0 Å². The van der Waals surface area contributed by atoms with Gasteiger partial charge < -0.3 is 20.1 Å². The molecule has 0 aliphatic carbocycles. The van der Waals surface area contributed by atoms with Crippen LogP contribution >= 0.6 is 0 Å². The van der Waals surface area contributed by atoms with Crippen LogP contribution in [-0.2, 0) is 16.0 Å². The Balaban J connectivity index is 1.48. The fraction of sp³-hybridized carbons (Fsp3) is 0.160. The number of carbonyl (C=O) groups is 3. The second-order valence-electron chi connectivity index (χ2n) is 7.02. The molecule has 33 heavy (non-hydrogen) atoms. The molecule has 0 heterocycles. The average molecular weight is 450 g/mol. The van der Waals surface area contributed by atoms with Crippen LogP contribution in [0.3, 0.4) is 0 Å². The number of hydrogen-bond donors (Lipinski definition) is 2. The Morgan fingerprint density at radius 3 is 2.03 bits per heavy atom. The largest absolute Gasteiger partial charge is 0.513 e. The Labute approximate surface area is 190 Å². The van der Waals surface area contributed by atoms with Crippen LogP contribution in [0.2, 0.25) is 0 Å². The molecule has 8 heteroatoms. The van der Waals surface area contributed by atoms with E-state index in [4.69, 9.17) is 9.47 Å². The molecule has 0 radical (unpaired) electrons. The molecule has 3 rings (SSSR count). The molecule has 0 saturated heterocycles. The summed E-state index contributed by atoms with van der Waals surface area (Å²) in [5.41, 5.74) is 2.41. The van der Waals surface area contributed by atoms with E-state index in [1.54, 1.807) is 43.3 Å². The molecule has 0 atom stereocenters. The molecule has 170 valence electrons. The molecule has 7 nitrogen and oxygen atoms in total. The average Bonchev–Trinajstić information content (AvgIpc) is 2.80. The first kappa shape index (κ1) is 23.5. The van der Waals surface area contributed by atoms with Crippen LogP contribution in [0.5, 0.6) is 5.75 Å². The Morgan fingerprint density at radius 2 is 1.42 bits per heavy atom. The summed E-state index contributed by atoms with van der Waals surface area (Å²) in [4.78, 5) is 35.9. The van der Waals surface area contributed by atoms with Crippen molar-refractivity contribution in [3.63, 3.8) is 0 Å². The highest BCUT2D eigenvalue weighted by Crippen LogP contribution is 2.17. The number of ether oxygens (including phenoxy) is 2. The lowest BCUT2D eigenvalue weighted by atomic mass is 10.1. The fourth-order valence-corrected chi connectivity index (χ4v) is 2.89. The first-order valence-electron chi connectivity index (χ1n) is 10.3. The third-order valence-corrected chi connectivity index (χ3v) is 4.56. The molecule has 0 aromatic heterocycles. The lowest BCUT2D eigenvalue weighted by Gasteiger charge is -2.09. The van der Waals surface area contributed by atoms with E-state index >= 15 is 0 Å². The summed E-state index contributed by atoms with van der Waals surface area (Å²) in [5.74, 6) is -0.546. The van der Waals surface area contributed by atoms with Crippen molar-refractivity contribution >= 4 is 29.3 Å². The van der Waals surface area contributed by atoms with Gasteiger partial charge in [-0.05, 0) is 79.6 Å². The third kappa shape index (κ3) is 7.46. The highest BCUT2D eigenvalue weighted by atomic mass is 19.1. The standard InChI is InChI=1S/C25H23FN2O5/c1-2-32-25(31)33-22-14-6-18(7-15-22)24(30)28-21-12-10-20(11-13-21)27-23(29)16-5-17-3-8-19(26)9-4-17/h3-4,6-15H,2,5,16H2,1H3,(H,27,29)(H,28,30). The van der Waals surface area contributed by atoms with Gasteiger partial charge in [0.25, 0.3) is 5.91 Å². The number of amides is 2. The van der Waals surface area contributed by atoms with E-state index in [0.29, 0.717) is 23.4 Å². The van der Waals surface area contributed by atoms with Gasteiger partial charge in [-0.3, -0.25) is 9.59 Å². The minimum absolute atomic E-state index is 0.166. The maximum atomic E-state index is 12.9. The number of rotatable bonds is 8. The fourth-order valence-electron chi connectivity index (χ4n) is 2.89. The SMILES string of the molecule is CCOC(=O)Oc1ccc(C(=O)Nc2ccc(NC(=O)CCc3ccc(F)cc3)cc2)cc1. The Morgan fingerprint density at radius 1 is 0.818 bits per heavy atom. The van der Waals surface area contributed by atoms with Gasteiger partial charge in [-0.1, -0.05) is 12.1 Å². The van der Waals surface area contributed by atoms with E-state index in [1.165, 1.54) is 36.4 Å². The molecular formula is C25H23FN2O5. The minimum atomic E-state index is -0.808. The smallest absolute Gasteiger partial charge is 0.434 e. The number of carbonyl (C=O) groups excluding carboxylic acids is 3. The Hall–Kier alpha value is -4.20. The van der Waals surface area contributed by atoms with Crippen LogP contribution < -0.4 is 15.4 Å². The summed E-state index contributed by atoms with van der Waals surface area (Å²) in [6, 6.07) is 18.8. The first-order chi connectivity index (χ1) is 15.9. The van der Waals surface area contributed by atoms with Gasteiger partial charge in [0.05, 0.1) is 6.61 Å². The van der Waals surface area contributed by atoms with Crippen LogP contribution in [-0.4, -0.2) is 24.6 Å². The number of hydrogen-bond acceptors (Lipinski definition) is 5. The molecule has 0 spiro atoms. The van der Waals surface area contributed by atoms with Crippen molar-refractivity contribution in [2.24, 2.45) is 0 Å². The Bertz CT molecular complexity index is 1100. The lowest BCUT2D eigenvalue weighted by molar-refractivity contribution is -0.116. The summed E-state index contributed by atoms with van der Waals surface area (Å²) in [7, 11) is 0. The van der Waals surface area contributed by atoms with E-state index < -0.39 is 6.16 Å². The van der Waals surface area contributed by atoms with Crippen molar-refractivity contribution in [3.8, 4) is 5.75 Å². The topological polar surface area (TPSA) is 93.7 Å². The van der Waals surface area contributed by atoms with Gasteiger partial charge in [-0.15, -0.1) is 0 Å². The number of nitrogens with one attached hydrogen (secondary N) is 2. The second-order valence-corrected chi connectivity index (χ2v) is 7.02. The van der Waals surface area contributed by atoms with Crippen LogP contribution in [0.4, 0.5) is 20.6 Å². The lowest BCUT2D eigenvalue weighted by Crippen LogP contribution is -2.14. The summed E-state index contributed by atoms with van der Waals surface area (Å²) in [5, 5.41) is 5.54. The summed E-state index contributed by atoms with van der Waals surface area (Å²) >= 11 is 0. The van der Waals surface area contributed by atoms with Gasteiger partial charge in [-0.25, -0.2) is 9.18 Å². The minimum Gasteiger partial charge on any atom is -0.434 e. The summed E-state index contributed by atoms with van der Waals surface area (Å²) in [6.45, 7) is 1.88. The first-order valence-corrected chi connectivity index (χ1v) is 10.3. The van der Waals surface area contributed by atoms with Gasteiger partial charge >= 0.3 is 6.16 Å². The molecule has 2 N–H and O–H groups in total. The predicted molar refractivity (Wildman–Crippen MR) is 122 cm³/mol. The zero-order chi connectivity index (χ0) is 23.6. The molecule has 0 bridgehead atoms. The zero-order valence-electron chi connectivity index (χ0n) is 18.0. The molecule has 0 aliphatic heterocycles. The molecule has 3 aromatic carbocycles. The van der Waals surface area contributed by atoms with E-state index in [9.17, 15) is 18.8 Å². The summed E-state index contributed by atoms with van der Waals surface area (Å²) < 4.78 is 22.6. The van der Waals surface area contributed by atoms with Crippen molar-refractivity contribution in [1.29, 1.82) is 0 Å². The Kier molecular flexibility index (Phi) is 8.13. The highest BCUT2D eigenvalue weighted by molar-refractivity contribution is 6.04. The number of halogens is 1. The van der Waals surface area contributed by atoms with Crippen LogP contribution in [0.15, 0.2) is 72.8 Å². The molecule has 0 fully saturated rings. The predicted octanol–water partition coefficient (Wildman–Crippen LogP) is 5.18. The maximum absolute atomic E-state index is 12.9. The van der Waals surface area contributed by atoms with Gasteiger partial charge in [0.2, 0.25) is 5.91 Å². The molecular weight excluding hydrogens is 427 g/mol. The second kappa shape index (κ2) is 11.4. The highest BCUT2D eigenvalue weighted by Gasteiger charge is 2.09. The molecule has 2 amide bonds. The molecule has 3 aromatic rings. The van der Waals surface area contributed by atoms with Crippen molar-refractivity contribution in [3.05, 3.63) is 89.7 Å². The third-order valence-electron chi connectivity index (χ3n) is 4.56. The molecule has 0 aliphatic rings. The number of benzene rings is 3. The van der Waals surface area contributed by atoms with Crippen LogP contribution in [0.25, 0.3) is 0 Å². The van der Waals surface area contributed by atoms with Crippen molar-refractivity contribution in [2.75, 3.05) is 17.2 Å². The van der Waals surface area contributed by atoms with E-state index in [1.807, 2.05) is 0 Å². The van der Waals surface area contributed by atoms with Crippen molar-refractivity contribution in [1.82, 2.24) is 0 Å². The van der Waals surface area contributed by atoms with Crippen molar-refractivity contribution < 1.29 is 28.2 Å². The van der Waals surface area contributed by atoms with Crippen LogP contribution in [0, 0.1) is 5.82 Å². The molecule has 0 unspecified atom stereocenters. The summed E-state index contributed by atoms with van der Waals surface area (Å²) in [6.07, 6.45) is -0.0403. The van der Waals surface area contributed by atoms with Gasteiger partial charge in [0, 0.05) is 23.4 Å². The van der Waals surface area contributed by atoms with E-state index in [-0.39, 0.29) is 36.4 Å². The molecule has 0 saturated carbocycles. The van der Waals surface area contributed by atoms with Gasteiger partial charge in [-0.2, -0.15) is 0 Å². The number of aryl methyl sites for hydroxylation is 1. The van der Waals surface area contributed by atoms with Gasteiger partial charge in [0.1, 0.15) is 11.6 Å². The quantitative estimate of drug-likeness (QED) is 0.364. The zero-order valence-corrected chi connectivity index (χ0v) is 18.0. The normalized spacial score (nSPS) is 10.2.